The summed E-state index contributed by atoms with van der Waals surface area (Å²) < 4.78 is 9.15. The minimum atomic E-state index is 0.00783. The van der Waals surface area contributed by atoms with Crippen molar-refractivity contribution >= 4 is 27.8 Å². The third-order valence-corrected chi connectivity index (χ3v) is 8.00. The number of fused-ring (bicyclic) bond motifs is 3. The monoisotopic (exact) mass is 486 g/mol. The predicted octanol–water partition coefficient (Wildman–Crippen LogP) is 3.69. The summed E-state index contributed by atoms with van der Waals surface area (Å²) in [6.45, 7) is 3.23. The lowest BCUT2D eigenvalue weighted by Gasteiger charge is -2.34. The van der Waals surface area contributed by atoms with Crippen LogP contribution in [0.25, 0.3) is 33.1 Å². The second-order valence-corrected chi connectivity index (χ2v) is 10.7. The van der Waals surface area contributed by atoms with Gasteiger partial charge < -0.3 is 14.5 Å². The highest BCUT2D eigenvalue weighted by Crippen LogP contribution is 2.37. The predicted molar refractivity (Wildman–Crippen MR) is 144 cm³/mol. The maximum absolute atomic E-state index is 13.2. The van der Waals surface area contributed by atoms with Crippen molar-refractivity contribution in [2.45, 2.75) is 31.4 Å². The molecular formula is C28H34N6O2. The van der Waals surface area contributed by atoms with Crippen molar-refractivity contribution in [1.82, 2.24) is 24.0 Å². The van der Waals surface area contributed by atoms with Crippen LogP contribution in [0.3, 0.4) is 0 Å². The molecule has 1 aliphatic carbocycles. The normalized spacial score (nSPS) is 22.1. The van der Waals surface area contributed by atoms with E-state index in [9.17, 15) is 4.79 Å². The molecule has 0 spiro atoms. The molecule has 1 aromatic carbocycles. The third-order valence-electron chi connectivity index (χ3n) is 8.00. The van der Waals surface area contributed by atoms with Crippen molar-refractivity contribution in [1.29, 1.82) is 0 Å². The smallest absolute Gasteiger partial charge is 0.329 e. The van der Waals surface area contributed by atoms with Crippen molar-refractivity contribution in [2.75, 3.05) is 45.7 Å². The van der Waals surface area contributed by atoms with Gasteiger partial charge in [-0.05, 0) is 69.1 Å². The Morgan fingerprint density at radius 3 is 2.61 bits per heavy atom. The lowest BCUT2D eigenvalue weighted by molar-refractivity contribution is 0.00635. The molecule has 36 heavy (non-hydrogen) atoms. The fourth-order valence-electron chi connectivity index (χ4n) is 5.94. The van der Waals surface area contributed by atoms with Gasteiger partial charge >= 0.3 is 5.69 Å². The molecule has 0 unspecified atom stereocenters. The number of aryl methyl sites for hydroxylation is 1. The van der Waals surface area contributed by atoms with E-state index in [1.54, 1.807) is 11.7 Å². The van der Waals surface area contributed by atoms with Gasteiger partial charge in [0.2, 0.25) is 0 Å². The van der Waals surface area contributed by atoms with Crippen LogP contribution in [-0.4, -0.2) is 70.9 Å². The minimum Gasteiger partial charge on any atom is -0.381 e. The summed E-state index contributed by atoms with van der Waals surface area (Å²) in [4.78, 5) is 27.3. The number of anilines is 1. The third kappa shape index (κ3) is 3.89. The second kappa shape index (κ2) is 9.01. The van der Waals surface area contributed by atoms with Crippen LogP contribution in [0, 0.1) is 5.92 Å². The molecule has 188 valence electrons. The van der Waals surface area contributed by atoms with E-state index in [0.29, 0.717) is 5.92 Å². The molecule has 0 radical (unpaired) electrons. The number of methoxy groups -OCH3 is 1. The van der Waals surface area contributed by atoms with Crippen LogP contribution in [-0.2, 0) is 11.8 Å². The van der Waals surface area contributed by atoms with E-state index in [4.69, 9.17) is 9.72 Å². The molecule has 0 bridgehead atoms. The van der Waals surface area contributed by atoms with E-state index in [1.165, 1.54) is 6.42 Å². The highest BCUT2D eigenvalue weighted by molar-refractivity contribution is 6.04. The molecule has 2 fully saturated rings. The Kier molecular flexibility index (Phi) is 5.80. The van der Waals surface area contributed by atoms with E-state index in [-0.39, 0.29) is 17.8 Å². The Hall–Kier alpha value is -3.23. The number of nitrogens with zero attached hydrogens (tertiary/aromatic N) is 6. The van der Waals surface area contributed by atoms with Gasteiger partial charge in [-0.25, -0.2) is 9.78 Å². The zero-order valence-corrected chi connectivity index (χ0v) is 21.5. The fraction of sp³-hybridized carbons (Fsp3) is 0.464. The summed E-state index contributed by atoms with van der Waals surface area (Å²) in [6.07, 6.45) is 6.93. The Balaban J connectivity index is 1.35. The molecule has 1 atom stereocenters. The van der Waals surface area contributed by atoms with E-state index in [2.05, 4.69) is 53.1 Å². The Labute approximate surface area is 211 Å². The summed E-state index contributed by atoms with van der Waals surface area (Å²) in [7, 11) is 7.85. The number of imidazole rings is 1. The van der Waals surface area contributed by atoms with E-state index in [0.717, 1.165) is 71.4 Å². The summed E-state index contributed by atoms with van der Waals surface area (Å²) in [5, 5.41) is 0.999. The summed E-state index contributed by atoms with van der Waals surface area (Å²) in [6, 6.07) is 10.7. The first-order chi connectivity index (χ1) is 17.4. The first kappa shape index (κ1) is 23.2. The van der Waals surface area contributed by atoms with Gasteiger partial charge in [0, 0.05) is 57.0 Å². The van der Waals surface area contributed by atoms with Crippen molar-refractivity contribution in [3.05, 3.63) is 53.2 Å². The molecule has 4 heterocycles. The molecule has 2 aliphatic rings. The maximum atomic E-state index is 13.2. The molecule has 1 saturated carbocycles. The van der Waals surface area contributed by atoms with Gasteiger partial charge in [0.1, 0.15) is 5.82 Å². The number of benzene rings is 1. The number of hydrogen-bond donors (Lipinski definition) is 0. The van der Waals surface area contributed by atoms with Crippen molar-refractivity contribution in [3.8, 4) is 11.1 Å². The van der Waals surface area contributed by atoms with Crippen molar-refractivity contribution in [3.63, 3.8) is 0 Å². The van der Waals surface area contributed by atoms with E-state index < -0.39 is 0 Å². The molecule has 0 N–H and O–H groups in total. The largest absolute Gasteiger partial charge is 0.381 e. The molecule has 8 nitrogen and oxygen atoms in total. The first-order valence-corrected chi connectivity index (χ1v) is 12.8. The molecule has 1 saturated heterocycles. The molecule has 0 amide bonds. The second-order valence-electron chi connectivity index (χ2n) is 10.7. The molecular weight excluding hydrogens is 452 g/mol. The van der Waals surface area contributed by atoms with Gasteiger partial charge in [-0.3, -0.25) is 14.1 Å². The average molecular weight is 487 g/mol. The van der Waals surface area contributed by atoms with Gasteiger partial charge in [-0.1, -0.05) is 6.07 Å². The molecule has 6 rings (SSSR count). The molecule has 3 aromatic heterocycles. The van der Waals surface area contributed by atoms with Crippen LogP contribution in [0.15, 0.2) is 47.5 Å². The van der Waals surface area contributed by atoms with E-state index >= 15 is 0 Å². The number of hydrogen-bond acceptors (Lipinski definition) is 6. The van der Waals surface area contributed by atoms with Crippen LogP contribution in [0.4, 0.5) is 5.82 Å². The van der Waals surface area contributed by atoms with Crippen LogP contribution in [0.1, 0.15) is 25.3 Å². The van der Waals surface area contributed by atoms with Gasteiger partial charge in [0.25, 0.3) is 0 Å². The van der Waals surface area contributed by atoms with Crippen LogP contribution < -0.4 is 10.6 Å². The Morgan fingerprint density at radius 1 is 1.08 bits per heavy atom. The highest BCUT2D eigenvalue weighted by atomic mass is 16.5. The van der Waals surface area contributed by atoms with E-state index in [1.807, 2.05) is 30.1 Å². The zero-order valence-electron chi connectivity index (χ0n) is 21.5. The Morgan fingerprint density at radius 2 is 1.89 bits per heavy atom. The first-order valence-electron chi connectivity index (χ1n) is 12.8. The van der Waals surface area contributed by atoms with Crippen molar-refractivity contribution in [2.24, 2.45) is 13.0 Å². The Bertz CT molecular complexity index is 1470. The van der Waals surface area contributed by atoms with Gasteiger partial charge in [0.05, 0.1) is 28.9 Å². The topological polar surface area (TPSA) is 68.4 Å². The van der Waals surface area contributed by atoms with Crippen molar-refractivity contribution < 1.29 is 4.74 Å². The van der Waals surface area contributed by atoms with Gasteiger partial charge in [0.15, 0.2) is 0 Å². The zero-order chi connectivity index (χ0) is 25.0. The standard InChI is InChI=1S/C28H34N6O2/c1-31(2)16-18-9-10-33(17-18)26-8-6-20(14-30-26)19-5-7-24-23(11-19)27-25(15-29-24)32(3)28(35)34(27)21-12-22(13-21)36-4/h5-8,11,14-15,18,21-22H,9-10,12-13,16-17H2,1-4H3/t18-,21?,22?/m0/s1. The average Bonchev–Trinajstić information content (AvgIpc) is 3.41. The molecule has 4 aromatic rings. The number of aromatic nitrogens is 4. The van der Waals surface area contributed by atoms with Crippen LogP contribution >= 0.6 is 0 Å². The number of rotatable bonds is 6. The number of pyridine rings is 2. The van der Waals surface area contributed by atoms with Gasteiger partial charge in [-0.15, -0.1) is 0 Å². The van der Waals surface area contributed by atoms with Crippen LogP contribution in [0.2, 0.25) is 0 Å². The lowest BCUT2D eigenvalue weighted by Crippen LogP contribution is -2.37. The summed E-state index contributed by atoms with van der Waals surface area (Å²) in [5.41, 5.74) is 4.86. The SMILES string of the molecule is COC1CC(n2c(=O)n(C)c3cnc4ccc(-c5ccc(N6CC[C@@H](CN(C)C)C6)nc5)cc4c32)C1. The van der Waals surface area contributed by atoms with Gasteiger partial charge in [-0.2, -0.15) is 0 Å². The number of ether oxygens (including phenoxy) is 1. The summed E-state index contributed by atoms with van der Waals surface area (Å²) in [5.74, 6) is 1.73. The quantitative estimate of drug-likeness (QED) is 0.414. The highest BCUT2D eigenvalue weighted by Gasteiger charge is 2.33. The maximum Gasteiger partial charge on any atom is 0.329 e. The fourth-order valence-corrected chi connectivity index (χ4v) is 5.94. The van der Waals surface area contributed by atoms with Crippen LogP contribution in [0.5, 0.6) is 0 Å². The molecule has 8 heteroatoms. The molecule has 1 aliphatic heterocycles. The summed E-state index contributed by atoms with van der Waals surface area (Å²) >= 11 is 0. The minimum absolute atomic E-state index is 0.00783. The lowest BCUT2D eigenvalue weighted by atomic mass is 9.89.